The largest absolute Gasteiger partial charge is 0.336 e. The molecule has 0 fully saturated rings. The summed E-state index contributed by atoms with van der Waals surface area (Å²) in [6.07, 6.45) is 0. The third-order valence-electron chi connectivity index (χ3n) is 4.61. The molecule has 0 unspecified atom stereocenters. The van der Waals surface area contributed by atoms with Crippen molar-refractivity contribution in [1.29, 1.82) is 0 Å². The maximum absolute atomic E-state index is 13.5. The highest BCUT2D eigenvalue weighted by Crippen LogP contribution is 2.26. The molecule has 3 aromatic carbocycles. The number of non-ortho nitro benzene ring substituents is 2. The monoisotopic (exact) mass is 471 g/mol. The smallest absolute Gasteiger partial charge is 0.258 e. The highest BCUT2D eigenvalue weighted by Gasteiger charge is 2.32. The molecule has 0 bridgehead atoms. The van der Waals surface area contributed by atoms with Crippen molar-refractivity contribution in [1.82, 2.24) is 4.98 Å². The first-order valence-corrected chi connectivity index (χ1v) is 11.6. The number of aromatic nitrogens is 2. The summed E-state index contributed by atoms with van der Waals surface area (Å²) < 4.78 is 28.1. The van der Waals surface area contributed by atoms with E-state index < -0.39 is 19.9 Å². The summed E-state index contributed by atoms with van der Waals surface area (Å²) in [7, 11) is -4.18. The van der Waals surface area contributed by atoms with E-state index in [0.717, 1.165) is 21.8 Å². The molecule has 0 radical (unpaired) electrons. The number of hydrogen-bond donors (Lipinski definition) is 1. The number of aromatic amines is 1. The Morgan fingerprint density at radius 3 is 2.25 bits per heavy atom. The van der Waals surface area contributed by atoms with Gasteiger partial charge in [0, 0.05) is 30.0 Å². The first-order valence-electron chi connectivity index (χ1n) is 9.16. The van der Waals surface area contributed by atoms with E-state index in [9.17, 15) is 28.6 Å². The topological polar surface area (TPSA) is 140 Å². The lowest BCUT2D eigenvalue weighted by Gasteiger charge is -2.04. The lowest BCUT2D eigenvalue weighted by atomic mass is 10.2. The number of fused-ring (bicyclic) bond motifs is 1. The first kappa shape index (κ1) is 21.5. The molecular weight excluding hydrogens is 456 g/mol. The number of imidazole rings is 1. The van der Waals surface area contributed by atoms with Crippen LogP contribution in [0.4, 0.5) is 11.4 Å². The molecule has 0 saturated heterocycles. The molecule has 32 heavy (non-hydrogen) atoms. The van der Waals surface area contributed by atoms with E-state index in [1.165, 1.54) is 30.3 Å². The molecule has 0 spiro atoms. The van der Waals surface area contributed by atoms with Gasteiger partial charge in [-0.25, -0.2) is 4.98 Å². The van der Waals surface area contributed by atoms with Gasteiger partial charge in [0.05, 0.1) is 9.85 Å². The van der Waals surface area contributed by atoms with Gasteiger partial charge in [-0.05, 0) is 35.5 Å². The standard InChI is InChI=1S/C20H14N4O6S2/c25-23(26)15-6-3-5-14(11-15)13-31-20-21-18-9-1-2-10-19(18)22(20)32(29,30)17-8-4-7-16(12-17)24(27)28/h1-12H,13H2/p+1. The van der Waals surface area contributed by atoms with Crippen molar-refractivity contribution in [2.45, 2.75) is 15.8 Å². The summed E-state index contributed by atoms with van der Waals surface area (Å²) in [4.78, 5) is 23.8. The van der Waals surface area contributed by atoms with Crippen LogP contribution in [0.15, 0.2) is 82.8 Å². The Morgan fingerprint density at radius 1 is 0.875 bits per heavy atom. The molecule has 12 heteroatoms. The Kier molecular flexibility index (Phi) is 5.63. The molecule has 4 rings (SSSR count). The zero-order valence-corrected chi connectivity index (χ0v) is 17.9. The van der Waals surface area contributed by atoms with Crippen LogP contribution in [0.1, 0.15) is 5.56 Å². The molecule has 1 heterocycles. The van der Waals surface area contributed by atoms with E-state index in [2.05, 4.69) is 4.98 Å². The third-order valence-corrected chi connectivity index (χ3v) is 7.47. The average molecular weight is 471 g/mol. The van der Waals surface area contributed by atoms with Crippen LogP contribution in [0.2, 0.25) is 0 Å². The fraction of sp³-hybridized carbons (Fsp3) is 0.0500. The Bertz CT molecular complexity index is 1470. The van der Waals surface area contributed by atoms with E-state index in [0.29, 0.717) is 16.6 Å². The highest BCUT2D eigenvalue weighted by molar-refractivity contribution is 7.98. The number of nitro benzene ring substituents is 2. The van der Waals surface area contributed by atoms with Gasteiger partial charge >= 0.3 is 15.2 Å². The third kappa shape index (κ3) is 4.05. The van der Waals surface area contributed by atoms with E-state index in [1.54, 1.807) is 36.4 Å². The molecular formula is C20H15N4O6S2+. The van der Waals surface area contributed by atoms with Gasteiger partial charge in [0.15, 0.2) is 11.0 Å². The van der Waals surface area contributed by atoms with Crippen LogP contribution >= 0.6 is 11.8 Å². The van der Waals surface area contributed by atoms with Crippen molar-refractivity contribution in [2.24, 2.45) is 0 Å². The van der Waals surface area contributed by atoms with Gasteiger partial charge in [-0.1, -0.05) is 30.3 Å². The predicted octanol–water partition coefficient (Wildman–Crippen LogP) is 3.80. The molecule has 1 aromatic heterocycles. The maximum Gasteiger partial charge on any atom is 0.336 e. The number of nitro groups is 2. The molecule has 162 valence electrons. The van der Waals surface area contributed by atoms with Crippen molar-refractivity contribution >= 4 is 44.2 Å². The van der Waals surface area contributed by atoms with Crippen LogP contribution in [0, 0.1) is 20.2 Å². The highest BCUT2D eigenvalue weighted by atomic mass is 32.2. The summed E-state index contributed by atoms with van der Waals surface area (Å²) in [5, 5.41) is 22.4. The molecule has 4 aromatic rings. The van der Waals surface area contributed by atoms with Gasteiger partial charge in [-0.3, -0.25) is 20.2 Å². The van der Waals surface area contributed by atoms with Crippen molar-refractivity contribution in [3.8, 4) is 0 Å². The van der Waals surface area contributed by atoms with Gasteiger partial charge in [0.25, 0.3) is 11.4 Å². The summed E-state index contributed by atoms with van der Waals surface area (Å²) in [6.45, 7) is 0. The van der Waals surface area contributed by atoms with Gasteiger partial charge in [-0.15, -0.1) is 3.97 Å². The van der Waals surface area contributed by atoms with E-state index in [1.807, 2.05) is 0 Å². The molecule has 0 aliphatic carbocycles. The summed E-state index contributed by atoms with van der Waals surface area (Å²) in [5.41, 5.74) is 1.18. The molecule has 0 aliphatic heterocycles. The van der Waals surface area contributed by atoms with Crippen LogP contribution in [0.5, 0.6) is 0 Å². The van der Waals surface area contributed by atoms with Crippen LogP contribution in [-0.4, -0.2) is 23.2 Å². The molecule has 1 N–H and O–H groups in total. The SMILES string of the molecule is O=[N+]([O-])c1cccc(CSc2[nH]c3ccccc3[n+]2S(=O)(=O)c2cccc([N+](=O)[O-])c2)c1. The van der Waals surface area contributed by atoms with Gasteiger partial charge in [0.2, 0.25) is 0 Å². The van der Waals surface area contributed by atoms with E-state index >= 15 is 0 Å². The van der Waals surface area contributed by atoms with Crippen molar-refractivity contribution < 1.29 is 22.2 Å². The summed E-state index contributed by atoms with van der Waals surface area (Å²) >= 11 is 1.15. The van der Waals surface area contributed by atoms with Gasteiger partial charge in [0.1, 0.15) is 4.90 Å². The number of benzene rings is 3. The molecule has 0 saturated carbocycles. The summed E-state index contributed by atoms with van der Waals surface area (Å²) in [5.74, 6) is 0.263. The number of hydrogen-bond acceptors (Lipinski definition) is 7. The summed E-state index contributed by atoms with van der Waals surface area (Å²) in [6, 6.07) is 17.7. The molecule has 0 aliphatic rings. The number of para-hydroxylation sites is 2. The van der Waals surface area contributed by atoms with Crippen LogP contribution < -0.4 is 3.97 Å². The predicted molar refractivity (Wildman–Crippen MR) is 117 cm³/mol. The Labute approximate surface area is 185 Å². The van der Waals surface area contributed by atoms with Crippen LogP contribution in [-0.2, 0) is 15.8 Å². The number of H-pyrrole nitrogens is 1. The number of rotatable bonds is 7. The molecule has 0 atom stereocenters. The minimum atomic E-state index is -4.18. The van der Waals surface area contributed by atoms with Crippen LogP contribution in [0.25, 0.3) is 11.0 Å². The maximum atomic E-state index is 13.5. The Balaban J connectivity index is 1.79. The fourth-order valence-electron chi connectivity index (χ4n) is 3.14. The van der Waals surface area contributed by atoms with Crippen molar-refractivity contribution in [2.75, 3.05) is 0 Å². The quantitative estimate of drug-likeness (QED) is 0.187. The minimum Gasteiger partial charge on any atom is -0.258 e. The number of nitrogens with zero attached hydrogens (tertiary/aromatic N) is 3. The Hall–Kier alpha value is -3.77. The minimum absolute atomic E-state index is 0.0585. The van der Waals surface area contributed by atoms with Crippen molar-refractivity contribution in [3.63, 3.8) is 0 Å². The first-order chi connectivity index (χ1) is 15.3. The second kappa shape index (κ2) is 8.40. The lowest BCUT2D eigenvalue weighted by Crippen LogP contribution is -2.43. The van der Waals surface area contributed by atoms with E-state index in [4.69, 9.17) is 0 Å². The number of thioether (sulfide) groups is 1. The number of nitrogens with one attached hydrogen (secondary N) is 1. The zero-order chi connectivity index (χ0) is 22.9. The molecule has 10 nitrogen and oxygen atoms in total. The second-order valence-electron chi connectivity index (χ2n) is 6.69. The van der Waals surface area contributed by atoms with Crippen molar-refractivity contribution in [3.05, 3.63) is 98.6 Å². The van der Waals surface area contributed by atoms with Gasteiger partial charge in [-0.2, -0.15) is 8.42 Å². The molecule has 0 amide bonds. The Morgan fingerprint density at radius 2 is 1.53 bits per heavy atom. The second-order valence-corrected chi connectivity index (χ2v) is 9.44. The lowest BCUT2D eigenvalue weighted by molar-refractivity contribution is -0.526. The van der Waals surface area contributed by atoms with Gasteiger partial charge < -0.3 is 0 Å². The van der Waals surface area contributed by atoms with Crippen LogP contribution in [0.3, 0.4) is 0 Å². The normalized spacial score (nSPS) is 11.5. The fourth-order valence-corrected chi connectivity index (χ4v) is 5.89. The average Bonchev–Trinajstić information content (AvgIpc) is 3.17. The zero-order valence-electron chi connectivity index (χ0n) is 16.2. The van der Waals surface area contributed by atoms with E-state index in [-0.39, 0.29) is 27.2 Å².